The van der Waals surface area contributed by atoms with Gasteiger partial charge in [0.1, 0.15) is 12.4 Å². The highest BCUT2D eigenvalue weighted by Crippen LogP contribution is 2.12. The average molecular weight is 203 g/mol. The van der Waals surface area contributed by atoms with Gasteiger partial charge >= 0.3 is 6.16 Å². The quantitative estimate of drug-likeness (QED) is 0.429. The van der Waals surface area contributed by atoms with Crippen LogP contribution in [0.3, 0.4) is 0 Å². The van der Waals surface area contributed by atoms with Gasteiger partial charge in [0.2, 0.25) is 0 Å². The van der Waals surface area contributed by atoms with Gasteiger partial charge in [-0.2, -0.15) is 5.26 Å². The first-order chi connectivity index (χ1) is 7.26. The third-order valence-electron chi connectivity index (χ3n) is 1.50. The number of ether oxygens (including phenoxy) is 2. The van der Waals surface area contributed by atoms with Gasteiger partial charge in [-0.1, -0.05) is 12.7 Å². The molecule has 0 aliphatic heterocycles. The summed E-state index contributed by atoms with van der Waals surface area (Å²) in [6.07, 6.45) is 0.652. The molecule has 0 heterocycles. The van der Waals surface area contributed by atoms with Crippen molar-refractivity contribution in [1.29, 1.82) is 5.26 Å². The summed E-state index contributed by atoms with van der Waals surface area (Å²) in [5, 5.41) is 8.53. The van der Waals surface area contributed by atoms with E-state index in [1.54, 1.807) is 12.1 Å². The SMILES string of the molecule is C=CCOC(=O)Oc1ccc(C#N)cc1. The number of hydrogen-bond donors (Lipinski definition) is 0. The summed E-state index contributed by atoms with van der Waals surface area (Å²) in [5.74, 6) is 0.336. The summed E-state index contributed by atoms with van der Waals surface area (Å²) in [4.78, 5) is 11.0. The lowest BCUT2D eigenvalue weighted by Gasteiger charge is -2.03. The molecule has 0 saturated heterocycles. The van der Waals surface area contributed by atoms with Gasteiger partial charge in [0, 0.05) is 0 Å². The van der Waals surface area contributed by atoms with Crippen molar-refractivity contribution in [1.82, 2.24) is 0 Å². The fourth-order valence-corrected chi connectivity index (χ4v) is 0.850. The van der Waals surface area contributed by atoms with Crippen LogP contribution in [0.4, 0.5) is 4.79 Å². The van der Waals surface area contributed by atoms with Gasteiger partial charge < -0.3 is 9.47 Å². The van der Waals surface area contributed by atoms with Crippen molar-refractivity contribution in [3.8, 4) is 11.8 Å². The van der Waals surface area contributed by atoms with Gasteiger partial charge in [-0.05, 0) is 24.3 Å². The number of carbonyl (C=O) groups is 1. The topological polar surface area (TPSA) is 59.3 Å². The Kier molecular flexibility index (Phi) is 3.92. The number of hydrogen-bond acceptors (Lipinski definition) is 4. The molecule has 0 amide bonds. The standard InChI is InChI=1S/C11H9NO3/c1-2-7-14-11(13)15-10-5-3-9(8-12)4-6-10/h2-6H,1,7H2. The summed E-state index contributed by atoms with van der Waals surface area (Å²) in [6.45, 7) is 3.50. The summed E-state index contributed by atoms with van der Waals surface area (Å²) < 4.78 is 9.41. The Labute approximate surface area is 87.3 Å². The van der Waals surface area contributed by atoms with E-state index < -0.39 is 6.16 Å². The average Bonchev–Trinajstić information content (AvgIpc) is 2.27. The lowest BCUT2D eigenvalue weighted by atomic mass is 10.2. The van der Waals surface area contributed by atoms with Crippen LogP contribution in [0.25, 0.3) is 0 Å². The summed E-state index contributed by atoms with van der Waals surface area (Å²) >= 11 is 0. The van der Waals surface area contributed by atoms with Gasteiger partial charge in [-0.15, -0.1) is 0 Å². The van der Waals surface area contributed by atoms with Crippen LogP contribution in [0.1, 0.15) is 5.56 Å². The van der Waals surface area contributed by atoms with Crippen molar-refractivity contribution in [3.05, 3.63) is 42.5 Å². The summed E-state index contributed by atoms with van der Waals surface area (Å²) in [6, 6.07) is 8.10. The van der Waals surface area contributed by atoms with Crippen LogP contribution in [0.5, 0.6) is 5.75 Å². The normalized spacial score (nSPS) is 8.73. The second-order valence-corrected chi connectivity index (χ2v) is 2.59. The van der Waals surface area contributed by atoms with Gasteiger partial charge in [-0.25, -0.2) is 4.79 Å². The molecule has 15 heavy (non-hydrogen) atoms. The minimum Gasteiger partial charge on any atom is -0.430 e. The van der Waals surface area contributed by atoms with Crippen molar-refractivity contribution in [2.75, 3.05) is 6.61 Å². The van der Waals surface area contributed by atoms with Crippen molar-refractivity contribution in [3.63, 3.8) is 0 Å². The predicted octanol–water partition coefficient (Wildman–Crippen LogP) is 2.26. The number of carbonyl (C=O) groups excluding carboxylic acids is 1. The molecule has 0 unspecified atom stereocenters. The van der Waals surface area contributed by atoms with E-state index in [1.165, 1.54) is 18.2 Å². The number of nitrogens with zero attached hydrogens (tertiary/aromatic N) is 1. The maximum atomic E-state index is 11.0. The van der Waals surface area contributed by atoms with Crippen molar-refractivity contribution >= 4 is 6.16 Å². The highest BCUT2D eigenvalue weighted by atomic mass is 16.7. The van der Waals surface area contributed by atoms with E-state index in [0.717, 1.165) is 0 Å². The van der Waals surface area contributed by atoms with Crippen LogP contribution in [-0.4, -0.2) is 12.8 Å². The molecule has 0 fully saturated rings. The molecule has 0 N–H and O–H groups in total. The van der Waals surface area contributed by atoms with E-state index in [4.69, 9.17) is 10.00 Å². The second-order valence-electron chi connectivity index (χ2n) is 2.59. The Bertz CT molecular complexity index is 389. The number of nitriles is 1. The second kappa shape index (κ2) is 5.45. The number of rotatable bonds is 3. The Morgan fingerprint density at radius 2 is 2.13 bits per heavy atom. The van der Waals surface area contributed by atoms with E-state index in [0.29, 0.717) is 11.3 Å². The fourth-order valence-electron chi connectivity index (χ4n) is 0.850. The molecule has 0 radical (unpaired) electrons. The van der Waals surface area contributed by atoms with Gasteiger partial charge in [0.15, 0.2) is 0 Å². The lowest BCUT2D eigenvalue weighted by molar-refractivity contribution is 0.109. The van der Waals surface area contributed by atoms with Gasteiger partial charge in [0.05, 0.1) is 11.6 Å². The smallest absolute Gasteiger partial charge is 0.430 e. The molecule has 0 aliphatic carbocycles. The van der Waals surface area contributed by atoms with Crippen LogP contribution in [0.2, 0.25) is 0 Å². The van der Waals surface area contributed by atoms with E-state index in [-0.39, 0.29) is 6.61 Å². The predicted molar refractivity (Wildman–Crippen MR) is 53.3 cm³/mol. The molecular weight excluding hydrogens is 194 g/mol. The molecule has 4 heteroatoms. The Hall–Kier alpha value is -2.28. The Morgan fingerprint density at radius 3 is 2.67 bits per heavy atom. The van der Waals surface area contributed by atoms with Crippen LogP contribution in [0.15, 0.2) is 36.9 Å². The van der Waals surface area contributed by atoms with Gasteiger partial charge in [-0.3, -0.25) is 0 Å². The van der Waals surface area contributed by atoms with Gasteiger partial charge in [0.25, 0.3) is 0 Å². The molecule has 0 aromatic heterocycles. The Morgan fingerprint density at radius 1 is 1.47 bits per heavy atom. The molecule has 0 saturated carbocycles. The molecule has 1 rings (SSSR count). The molecule has 0 aliphatic rings. The maximum absolute atomic E-state index is 11.0. The third-order valence-corrected chi connectivity index (χ3v) is 1.50. The third kappa shape index (κ3) is 3.53. The van der Waals surface area contributed by atoms with Crippen LogP contribution >= 0.6 is 0 Å². The minimum absolute atomic E-state index is 0.106. The highest BCUT2D eigenvalue weighted by molar-refractivity contribution is 5.63. The van der Waals surface area contributed by atoms with E-state index in [2.05, 4.69) is 11.3 Å². The molecule has 0 atom stereocenters. The van der Waals surface area contributed by atoms with E-state index >= 15 is 0 Å². The fraction of sp³-hybridized carbons (Fsp3) is 0.0909. The van der Waals surface area contributed by atoms with Crippen molar-refractivity contribution in [2.45, 2.75) is 0 Å². The van der Waals surface area contributed by atoms with E-state index in [9.17, 15) is 4.79 Å². The number of benzene rings is 1. The zero-order chi connectivity index (χ0) is 11.1. The largest absolute Gasteiger partial charge is 0.514 e. The molecule has 1 aromatic rings. The highest BCUT2D eigenvalue weighted by Gasteiger charge is 2.04. The molecular formula is C11H9NO3. The summed E-state index contributed by atoms with van der Waals surface area (Å²) in [7, 11) is 0. The summed E-state index contributed by atoms with van der Waals surface area (Å²) in [5.41, 5.74) is 0.502. The zero-order valence-corrected chi connectivity index (χ0v) is 7.97. The zero-order valence-electron chi connectivity index (χ0n) is 7.97. The Balaban J connectivity index is 2.54. The monoisotopic (exact) mass is 203 g/mol. The molecule has 0 bridgehead atoms. The molecule has 4 nitrogen and oxygen atoms in total. The van der Waals surface area contributed by atoms with Crippen LogP contribution < -0.4 is 4.74 Å². The first-order valence-corrected chi connectivity index (χ1v) is 4.22. The molecule has 0 spiro atoms. The maximum Gasteiger partial charge on any atom is 0.514 e. The first-order valence-electron chi connectivity index (χ1n) is 4.22. The molecule has 1 aromatic carbocycles. The van der Waals surface area contributed by atoms with Crippen molar-refractivity contribution in [2.24, 2.45) is 0 Å². The van der Waals surface area contributed by atoms with Crippen molar-refractivity contribution < 1.29 is 14.3 Å². The first kappa shape index (κ1) is 10.8. The van der Waals surface area contributed by atoms with Crippen LogP contribution in [-0.2, 0) is 4.74 Å². The minimum atomic E-state index is -0.792. The molecule has 76 valence electrons. The van der Waals surface area contributed by atoms with Crippen LogP contribution in [0, 0.1) is 11.3 Å². The lowest BCUT2D eigenvalue weighted by Crippen LogP contribution is -2.10. The van der Waals surface area contributed by atoms with E-state index in [1.807, 2.05) is 6.07 Å².